The lowest BCUT2D eigenvalue weighted by Crippen LogP contribution is -2.01. The Kier molecular flexibility index (Phi) is 4.35. The normalized spacial score (nSPS) is 12.2. The molecule has 4 nitrogen and oxygen atoms in total. The van der Waals surface area contributed by atoms with E-state index in [1.165, 1.54) is 0 Å². The van der Waals surface area contributed by atoms with Crippen molar-refractivity contribution in [2.45, 2.75) is 19.3 Å². The molecule has 0 radical (unpaired) electrons. The summed E-state index contributed by atoms with van der Waals surface area (Å²) >= 11 is 6.07. The maximum atomic E-state index is 10.7. The topological polar surface area (TPSA) is 59.7 Å². The van der Waals surface area contributed by atoms with Gasteiger partial charge >= 0.3 is 5.97 Å². The number of halogens is 1. The summed E-state index contributed by atoms with van der Waals surface area (Å²) in [5.41, 5.74) is 0.824. The second-order valence-corrected chi connectivity index (χ2v) is 4.96. The van der Waals surface area contributed by atoms with Crippen molar-refractivity contribution in [3.8, 4) is 17.1 Å². The molecule has 0 aliphatic carbocycles. The molecule has 0 bridgehead atoms. The summed E-state index contributed by atoms with van der Waals surface area (Å²) in [6.07, 6.45) is 0.0380. The molecule has 1 heterocycles. The fourth-order valence-corrected chi connectivity index (χ4v) is 2.21. The van der Waals surface area contributed by atoms with E-state index in [0.29, 0.717) is 22.3 Å². The summed E-state index contributed by atoms with van der Waals surface area (Å²) in [6, 6.07) is 8.97. The van der Waals surface area contributed by atoms with Crippen molar-refractivity contribution >= 4 is 17.6 Å². The molecule has 106 valence electrons. The fourth-order valence-electron chi connectivity index (χ4n) is 1.96. The number of hydrogen-bond acceptors (Lipinski definition) is 3. The highest BCUT2D eigenvalue weighted by Gasteiger charge is 2.15. The van der Waals surface area contributed by atoms with Gasteiger partial charge in [-0.15, -0.1) is 0 Å². The molecular formula is C15H15ClO4. The van der Waals surface area contributed by atoms with Crippen LogP contribution in [0, 0.1) is 0 Å². The Morgan fingerprint density at radius 1 is 1.40 bits per heavy atom. The van der Waals surface area contributed by atoms with Crippen molar-refractivity contribution in [3.05, 3.63) is 41.1 Å². The first-order valence-corrected chi connectivity index (χ1v) is 6.54. The molecule has 0 saturated heterocycles. The highest BCUT2D eigenvalue weighted by Crippen LogP contribution is 2.32. The van der Waals surface area contributed by atoms with Crippen LogP contribution in [0.4, 0.5) is 0 Å². The summed E-state index contributed by atoms with van der Waals surface area (Å²) in [5.74, 6) is 0.885. The van der Waals surface area contributed by atoms with Gasteiger partial charge in [-0.3, -0.25) is 4.79 Å². The lowest BCUT2D eigenvalue weighted by molar-refractivity contribution is -0.137. The van der Waals surface area contributed by atoms with Crippen LogP contribution in [0.1, 0.15) is 25.0 Å². The third-order valence-corrected chi connectivity index (χ3v) is 3.32. The van der Waals surface area contributed by atoms with Gasteiger partial charge in [0.1, 0.15) is 17.3 Å². The second-order valence-electron chi connectivity index (χ2n) is 4.55. The van der Waals surface area contributed by atoms with Crippen LogP contribution >= 0.6 is 11.6 Å². The summed E-state index contributed by atoms with van der Waals surface area (Å²) in [4.78, 5) is 10.7. The van der Waals surface area contributed by atoms with Gasteiger partial charge in [0.25, 0.3) is 0 Å². The first kappa shape index (κ1) is 14.5. The number of methoxy groups -OCH3 is 1. The lowest BCUT2D eigenvalue weighted by atomic mass is 10.1. The van der Waals surface area contributed by atoms with Crippen LogP contribution in [0.5, 0.6) is 5.75 Å². The van der Waals surface area contributed by atoms with Crippen LogP contribution in [-0.2, 0) is 4.79 Å². The van der Waals surface area contributed by atoms with Crippen molar-refractivity contribution < 1.29 is 19.1 Å². The Morgan fingerprint density at radius 2 is 2.15 bits per heavy atom. The molecular weight excluding hydrogens is 280 g/mol. The fraction of sp³-hybridized carbons (Fsp3) is 0.267. The van der Waals surface area contributed by atoms with E-state index in [4.69, 9.17) is 25.9 Å². The molecule has 0 aliphatic heterocycles. The highest BCUT2D eigenvalue weighted by molar-refractivity contribution is 6.32. The van der Waals surface area contributed by atoms with E-state index >= 15 is 0 Å². The molecule has 0 fully saturated rings. The minimum Gasteiger partial charge on any atom is -0.495 e. The molecule has 1 aromatic heterocycles. The Labute approximate surface area is 121 Å². The summed E-state index contributed by atoms with van der Waals surface area (Å²) in [6.45, 7) is 1.82. The zero-order chi connectivity index (χ0) is 14.7. The van der Waals surface area contributed by atoms with Gasteiger partial charge in [-0.1, -0.05) is 18.5 Å². The third kappa shape index (κ3) is 3.14. The first-order valence-electron chi connectivity index (χ1n) is 6.16. The Balaban J connectivity index is 2.24. The summed E-state index contributed by atoms with van der Waals surface area (Å²) in [7, 11) is 1.56. The van der Waals surface area contributed by atoms with E-state index in [-0.39, 0.29) is 12.3 Å². The van der Waals surface area contributed by atoms with Gasteiger partial charge in [0.2, 0.25) is 0 Å². The van der Waals surface area contributed by atoms with Gasteiger partial charge in [-0.05, 0) is 30.3 Å². The number of carboxylic acids is 1. The quantitative estimate of drug-likeness (QED) is 0.898. The molecule has 0 saturated carbocycles. The minimum absolute atomic E-state index is 0.0380. The molecule has 0 aliphatic rings. The van der Waals surface area contributed by atoms with Gasteiger partial charge in [0, 0.05) is 11.5 Å². The van der Waals surface area contributed by atoms with Crippen LogP contribution in [0.15, 0.2) is 34.7 Å². The number of benzene rings is 1. The van der Waals surface area contributed by atoms with Crippen LogP contribution in [0.25, 0.3) is 11.3 Å². The average molecular weight is 295 g/mol. The number of aliphatic carboxylic acids is 1. The highest BCUT2D eigenvalue weighted by atomic mass is 35.5. The molecule has 1 atom stereocenters. The van der Waals surface area contributed by atoms with Crippen molar-refractivity contribution in [2.24, 2.45) is 0 Å². The number of hydrogen-bond donors (Lipinski definition) is 1. The SMILES string of the molecule is COc1ccc(-c2ccc(C(C)CC(=O)O)o2)cc1Cl. The second kappa shape index (κ2) is 6.01. The predicted molar refractivity (Wildman–Crippen MR) is 76.4 cm³/mol. The van der Waals surface area contributed by atoms with Gasteiger partial charge in [-0.2, -0.15) is 0 Å². The lowest BCUT2D eigenvalue weighted by Gasteiger charge is -2.06. The van der Waals surface area contributed by atoms with Crippen LogP contribution in [0.2, 0.25) is 5.02 Å². The molecule has 20 heavy (non-hydrogen) atoms. The molecule has 0 spiro atoms. The van der Waals surface area contributed by atoms with E-state index < -0.39 is 5.97 Å². The molecule has 5 heteroatoms. The first-order chi connectivity index (χ1) is 9.51. The number of carboxylic acid groups (broad SMARTS) is 1. The molecule has 1 N–H and O–H groups in total. The van der Waals surface area contributed by atoms with E-state index in [1.54, 1.807) is 25.3 Å². The van der Waals surface area contributed by atoms with Crippen molar-refractivity contribution in [2.75, 3.05) is 7.11 Å². The Hall–Kier alpha value is -1.94. The minimum atomic E-state index is -0.844. The van der Waals surface area contributed by atoms with E-state index in [9.17, 15) is 4.79 Å². The van der Waals surface area contributed by atoms with Crippen LogP contribution in [-0.4, -0.2) is 18.2 Å². The van der Waals surface area contributed by atoms with Crippen molar-refractivity contribution in [3.63, 3.8) is 0 Å². The standard InChI is InChI=1S/C15H15ClO4/c1-9(7-15(17)18)12-5-6-13(20-12)10-3-4-14(19-2)11(16)8-10/h3-6,8-9H,7H2,1-2H3,(H,17,18). The molecule has 1 aromatic carbocycles. The van der Waals surface area contributed by atoms with E-state index in [1.807, 2.05) is 19.1 Å². The van der Waals surface area contributed by atoms with E-state index in [2.05, 4.69) is 0 Å². The van der Waals surface area contributed by atoms with Gasteiger partial charge in [-0.25, -0.2) is 0 Å². The van der Waals surface area contributed by atoms with Gasteiger partial charge in [0.15, 0.2) is 0 Å². The summed E-state index contributed by atoms with van der Waals surface area (Å²) in [5, 5.41) is 9.29. The molecule has 0 amide bonds. The van der Waals surface area contributed by atoms with Crippen LogP contribution in [0.3, 0.4) is 0 Å². The number of ether oxygens (including phenoxy) is 1. The maximum absolute atomic E-state index is 10.7. The molecule has 2 aromatic rings. The van der Waals surface area contributed by atoms with Gasteiger partial charge in [0.05, 0.1) is 18.6 Å². The van der Waals surface area contributed by atoms with Crippen molar-refractivity contribution in [1.29, 1.82) is 0 Å². The number of furan rings is 1. The van der Waals surface area contributed by atoms with Crippen LogP contribution < -0.4 is 4.74 Å². The summed E-state index contributed by atoms with van der Waals surface area (Å²) < 4.78 is 10.8. The zero-order valence-corrected chi connectivity index (χ0v) is 12.0. The smallest absolute Gasteiger partial charge is 0.304 e. The Morgan fingerprint density at radius 3 is 2.75 bits per heavy atom. The predicted octanol–water partition coefficient (Wildman–Crippen LogP) is 4.19. The molecule has 2 rings (SSSR count). The van der Waals surface area contributed by atoms with E-state index in [0.717, 1.165) is 5.56 Å². The molecule has 1 unspecified atom stereocenters. The van der Waals surface area contributed by atoms with Gasteiger partial charge < -0.3 is 14.3 Å². The average Bonchev–Trinajstić information content (AvgIpc) is 2.87. The Bertz CT molecular complexity index is 618. The largest absolute Gasteiger partial charge is 0.495 e. The monoisotopic (exact) mass is 294 g/mol. The third-order valence-electron chi connectivity index (χ3n) is 3.03. The maximum Gasteiger partial charge on any atom is 0.304 e. The number of rotatable bonds is 5. The number of carbonyl (C=O) groups is 1. The zero-order valence-electron chi connectivity index (χ0n) is 11.2. The van der Waals surface area contributed by atoms with Crippen molar-refractivity contribution in [1.82, 2.24) is 0 Å².